The van der Waals surface area contributed by atoms with Gasteiger partial charge in [0.25, 0.3) is 0 Å². The number of aryl methyl sites for hydroxylation is 1. The highest BCUT2D eigenvalue weighted by atomic mass is 15.1. The lowest BCUT2D eigenvalue weighted by Gasteiger charge is -2.24. The van der Waals surface area contributed by atoms with Crippen molar-refractivity contribution in [1.82, 2.24) is 5.32 Å². The summed E-state index contributed by atoms with van der Waals surface area (Å²) in [5.74, 6) is 0. The van der Waals surface area contributed by atoms with Gasteiger partial charge in [0.2, 0.25) is 0 Å². The second-order valence-corrected chi connectivity index (χ2v) is 5.89. The first kappa shape index (κ1) is 15.0. The monoisotopic (exact) mass is 248 g/mol. The van der Waals surface area contributed by atoms with E-state index < -0.39 is 0 Å². The molecule has 0 aliphatic heterocycles. The molecule has 1 rings (SSSR count). The maximum Gasteiger partial charge on any atom is 0.0368 e. The van der Waals surface area contributed by atoms with E-state index in [0.29, 0.717) is 0 Å². The molecule has 0 aliphatic rings. The minimum absolute atomic E-state index is 0.171. The average Bonchev–Trinajstić information content (AvgIpc) is 2.28. The van der Waals surface area contributed by atoms with Gasteiger partial charge in [-0.1, -0.05) is 6.07 Å². The van der Waals surface area contributed by atoms with Crippen LogP contribution >= 0.6 is 0 Å². The van der Waals surface area contributed by atoms with E-state index in [4.69, 9.17) is 0 Å². The third-order valence-electron chi connectivity index (χ3n) is 3.26. The van der Waals surface area contributed by atoms with Crippen LogP contribution in [0.3, 0.4) is 0 Å². The van der Waals surface area contributed by atoms with E-state index in [-0.39, 0.29) is 5.54 Å². The van der Waals surface area contributed by atoms with Gasteiger partial charge in [-0.2, -0.15) is 0 Å². The Morgan fingerprint density at radius 1 is 1.11 bits per heavy atom. The molecule has 0 spiro atoms. The number of rotatable bonds is 5. The quantitative estimate of drug-likeness (QED) is 0.854. The number of hydrogen-bond acceptors (Lipinski definition) is 2. The van der Waals surface area contributed by atoms with E-state index in [9.17, 15) is 0 Å². The molecule has 0 bridgehead atoms. The zero-order valence-electron chi connectivity index (χ0n) is 12.8. The first-order valence-electron chi connectivity index (χ1n) is 6.97. The summed E-state index contributed by atoms with van der Waals surface area (Å²) < 4.78 is 0. The maximum atomic E-state index is 3.54. The zero-order valence-corrected chi connectivity index (χ0v) is 12.8. The highest BCUT2D eigenvalue weighted by Gasteiger charge is 2.10. The molecule has 2 heteroatoms. The molecule has 0 atom stereocenters. The Labute approximate surface area is 112 Å². The standard InChI is InChI=1S/C16H28N2/c1-7-18(8-2)15-10-9-14(13(3)11-15)12-17-16(4,5)6/h9-11,17H,7-8,12H2,1-6H3. The van der Waals surface area contributed by atoms with Gasteiger partial charge in [-0.15, -0.1) is 0 Å². The van der Waals surface area contributed by atoms with E-state index in [2.05, 4.69) is 70.0 Å². The molecule has 0 fully saturated rings. The van der Waals surface area contributed by atoms with Crippen LogP contribution in [0.1, 0.15) is 45.7 Å². The van der Waals surface area contributed by atoms with Gasteiger partial charge in [-0.3, -0.25) is 0 Å². The molecule has 0 aliphatic carbocycles. The Morgan fingerprint density at radius 2 is 1.72 bits per heavy atom. The minimum Gasteiger partial charge on any atom is -0.372 e. The van der Waals surface area contributed by atoms with Gasteiger partial charge in [0.15, 0.2) is 0 Å². The van der Waals surface area contributed by atoms with Gasteiger partial charge < -0.3 is 10.2 Å². The van der Waals surface area contributed by atoms with Crippen LogP contribution in [0.2, 0.25) is 0 Å². The Morgan fingerprint density at radius 3 is 2.17 bits per heavy atom. The van der Waals surface area contributed by atoms with Crippen LogP contribution in [0.15, 0.2) is 18.2 Å². The molecule has 1 aromatic carbocycles. The van der Waals surface area contributed by atoms with Crippen molar-refractivity contribution in [2.75, 3.05) is 18.0 Å². The van der Waals surface area contributed by atoms with Crippen molar-refractivity contribution in [3.63, 3.8) is 0 Å². The highest BCUT2D eigenvalue weighted by molar-refractivity contribution is 5.50. The zero-order chi connectivity index (χ0) is 13.8. The molecule has 0 saturated carbocycles. The Kier molecular flexibility index (Phi) is 5.21. The third-order valence-corrected chi connectivity index (χ3v) is 3.26. The number of benzene rings is 1. The van der Waals surface area contributed by atoms with Crippen LogP contribution in [0, 0.1) is 6.92 Å². The van der Waals surface area contributed by atoms with Crippen molar-refractivity contribution in [1.29, 1.82) is 0 Å². The summed E-state index contributed by atoms with van der Waals surface area (Å²) in [6.45, 7) is 16.3. The van der Waals surface area contributed by atoms with Crippen molar-refractivity contribution in [2.24, 2.45) is 0 Å². The summed E-state index contributed by atoms with van der Waals surface area (Å²) in [7, 11) is 0. The van der Waals surface area contributed by atoms with Gasteiger partial charge in [0.1, 0.15) is 0 Å². The van der Waals surface area contributed by atoms with E-state index in [0.717, 1.165) is 19.6 Å². The molecule has 0 heterocycles. The van der Waals surface area contributed by atoms with Gasteiger partial charge >= 0.3 is 0 Å². The van der Waals surface area contributed by atoms with E-state index in [1.54, 1.807) is 0 Å². The molecule has 1 N–H and O–H groups in total. The van der Waals surface area contributed by atoms with Crippen molar-refractivity contribution in [2.45, 2.75) is 53.6 Å². The van der Waals surface area contributed by atoms with Crippen molar-refractivity contribution < 1.29 is 0 Å². The van der Waals surface area contributed by atoms with Crippen LogP contribution in [0.5, 0.6) is 0 Å². The Hall–Kier alpha value is -1.02. The average molecular weight is 248 g/mol. The van der Waals surface area contributed by atoms with Crippen LogP contribution < -0.4 is 10.2 Å². The van der Waals surface area contributed by atoms with Gasteiger partial charge in [0, 0.05) is 30.9 Å². The summed E-state index contributed by atoms with van der Waals surface area (Å²) in [6.07, 6.45) is 0. The second kappa shape index (κ2) is 6.24. The van der Waals surface area contributed by atoms with Crippen molar-refractivity contribution in [3.05, 3.63) is 29.3 Å². The lowest BCUT2D eigenvalue weighted by Crippen LogP contribution is -2.35. The van der Waals surface area contributed by atoms with E-state index in [1.807, 2.05) is 0 Å². The van der Waals surface area contributed by atoms with E-state index >= 15 is 0 Å². The molecular formula is C16H28N2. The van der Waals surface area contributed by atoms with Gasteiger partial charge in [-0.05, 0) is 64.8 Å². The van der Waals surface area contributed by atoms with Crippen molar-refractivity contribution in [3.8, 4) is 0 Å². The van der Waals surface area contributed by atoms with Crippen LogP contribution in [-0.4, -0.2) is 18.6 Å². The smallest absolute Gasteiger partial charge is 0.0368 e. The van der Waals surface area contributed by atoms with Crippen LogP contribution in [0.4, 0.5) is 5.69 Å². The molecule has 1 aromatic rings. The summed E-state index contributed by atoms with van der Waals surface area (Å²) in [4.78, 5) is 2.38. The summed E-state index contributed by atoms with van der Waals surface area (Å²) in [5.41, 5.74) is 4.26. The van der Waals surface area contributed by atoms with Gasteiger partial charge in [0.05, 0.1) is 0 Å². The minimum atomic E-state index is 0.171. The molecule has 0 unspecified atom stereocenters. The third kappa shape index (κ3) is 4.34. The van der Waals surface area contributed by atoms with Gasteiger partial charge in [-0.25, -0.2) is 0 Å². The SMILES string of the molecule is CCN(CC)c1ccc(CNC(C)(C)C)c(C)c1. The highest BCUT2D eigenvalue weighted by Crippen LogP contribution is 2.19. The molecule has 0 amide bonds. The second-order valence-electron chi connectivity index (χ2n) is 5.89. The summed E-state index contributed by atoms with van der Waals surface area (Å²) in [5, 5.41) is 3.54. The maximum absolute atomic E-state index is 3.54. The number of nitrogens with one attached hydrogen (secondary N) is 1. The predicted octanol–water partition coefficient (Wildman–Crippen LogP) is 3.73. The fourth-order valence-corrected chi connectivity index (χ4v) is 2.02. The molecule has 2 nitrogen and oxygen atoms in total. The number of nitrogens with zero attached hydrogens (tertiary/aromatic N) is 1. The summed E-state index contributed by atoms with van der Waals surface area (Å²) >= 11 is 0. The fourth-order valence-electron chi connectivity index (χ4n) is 2.02. The molecule has 18 heavy (non-hydrogen) atoms. The molecule has 0 radical (unpaired) electrons. The lowest BCUT2D eigenvalue weighted by atomic mass is 10.0. The van der Waals surface area contributed by atoms with Crippen LogP contribution in [-0.2, 0) is 6.54 Å². The Balaban J connectivity index is 2.79. The molecule has 102 valence electrons. The normalized spacial score (nSPS) is 11.7. The predicted molar refractivity (Wildman–Crippen MR) is 81.3 cm³/mol. The Bertz CT molecular complexity index is 373. The molecule has 0 saturated heterocycles. The molecular weight excluding hydrogens is 220 g/mol. The summed E-state index contributed by atoms with van der Waals surface area (Å²) in [6, 6.07) is 6.79. The van der Waals surface area contributed by atoms with Crippen molar-refractivity contribution >= 4 is 5.69 Å². The largest absolute Gasteiger partial charge is 0.372 e. The first-order chi connectivity index (χ1) is 8.37. The van der Waals surface area contributed by atoms with E-state index in [1.165, 1.54) is 16.8 Å². The number of hydrogen-bond donors (Lipinski definition) is 1. The lowest BCUT2D eigenvalue weighted by molar-refractivity contribution is 0.424. The topological polar surface area (TPSA) is 15.3 Å². The first-order valence-corrected chi connectivity index (χ1v) is 6.97. The number of anilines is 1. The molecule has 0 aromatic heterocycles. The fraction of sp³-hybridized carbons (Fsp3) is 0.625. The van der Waals surface area contributed by atoms with Crippen LogP contribution in [0.25, 0.3) is 0 Å².